The van der Waals surface area contributed by atoms with Gasteiger partial charge in [-0.25, -0.2) is 4.79 Å². The molecule has 8 heteroatoms. The van der Waals surface area contributed by atoms with Crippen LogP contribution in [0.15, 0.2) is 42.5 Å². The first-order valence-electron chi connectivity index (χ1n) is 8.61. The monoisotopic (exact) mass is 387 g/mol. The molecule has 0 aliphatic carbocycles. The van der Waals surface area contributed by atoms with Crippen LogP contribution in [0, 0.1) is 0 Å². The van der Waals surface area contributed by atoms with Gasteiger partial charge in [-0.05, 0) is 30.3 Å². The van der Waals surface area contributed by atoms with Crippen molar-refractivity contribution in [2.45, 2.75) is 12.5 Å². The second-order valence-electron chi connectivity index (χ2n) is 6.34. The number of nitrogens with zero attached hydrogens (tertiary/aromatic N) is 1. The molecular weight excluding hydrogens is 370 g/mol. The number of benzene rings is 2. The molecule has 27 heavy (non-hydrogen) atoms. The average molecular weight is 388 g/mol. The molecule has 0 radical (unpaired) electrons. The van der Waals surface area contributed by atoms with Gasteiger partial charge in [0.1, 0.15) is 13.2 Å². The predicted molar refractivity (Wildman–Crippen MR) is 102 cm³/mol. The fourth-order valence-corrected chi connectivity index (χ4v) is 3.36. The summed E-state index contributed by atoms with van der Waals surface area (Å²) in [5.41, 5.74) is 1.32. The van der Waals surface area contributed by atoms with Crippen molar-refractivity contribution < 1.29 is 19.1 Å². The van der Waals surface area contributed by atoms with Gasteiger partial charge in [-0.2, -0.15) is 0 Å². The zero-order valence-electron chi connectivity index (χ0n) is 14.4. The molecule has 0 aromatic heterocycles. The van der Waals surface area contributed by atoms with E-state index >= 15 is 0 Å². The number of rotatable bonds is 3. The van der Waals surface area contributed by atoms with E-state index < -0.39 is 0 Å². The normalized spacial score (nSPS) is 18.3. The lowest BCUT2D eigenvalue weighted by atomic mass is 10.2. The zero-order chi connectivity index (χ0) is 18.8. The lowest BCUT2D eigenvalue weighted by molar-refractivity contribution is -0.117. The Morgan fingerprint density at radius 1 is 1.11 bits per heavy atom. The number of carbonyl (C=O) groups excluding carboxylic acids is 2. The van der Waals surface area contributed by atoms with Gasteiger partial charge in [0.2, 0.25) is 5.91 Å². The summed E-state index contributed by atoms with van der Waals surface area (Å²) in [4.78, 5) is 26.2. The van der Waals surface area contributed by atoms with E-state index in [4.69, 9.17) is 21.1 Å². The number of halogens is 1. The molecule has 2 aromatic carbocycles. The summed E-state index contributed by atoms with van der Waals surface area (Å²) >= 11 is 5.91. The summed E-state index contributed by atoms with van der Waals surface area (Å²) in [5, 5.41) is 6.08. The summed E-state index contributed by atoms with van der Waals surface area (Å²) in [6, 6.07) is 11.6. The van der Waals surface area contributed by atoms with E-state index in [0.29, 0.717) is 42.0 Å². The van der Waals surface area contributed by atoms with Crippen molar-refractivity contribution in [2.24, 2.45) is 0 Å². The second-order valence-corrected chi connectivity index (χ2v) is 6.78. The Kier molecular flexibility index (Phi) is 4.77. The zero-order valence-corrected chi connectivity index (χ0v) is 15.2. The van der Waals surface area contributed by atoms with Gasteiger partial charge < -0.3 is 25.0 Å². The van der Waals surface area contributed by atoms with E-state index in [-0.39, 0.29) is 24.4 Å². The molecule has 4 rings (SSSR count). The number of urea groups is 1. The van der Waals surface area contributed by atoms with Crippen molar-refractivity contribution in [3.63, 3.8) is 0 Å². The number of hydrogen-bond acceptors (Lipinski definition) is 4. The molecular formula is C19H18ClN3O4. The van der Waals surface area contributed by atoms with Crippen LogP contribution in [0.5, 0.6) is 11.5 Å². The average Bonchev–Trinajstić information content (AvgIpc) is 3.01. The quantitative estimate of drug-likeness (QED) is 0.848. The summed E-state index contributed by atoms with van der Waals surface area (Å²) < 4.78 is 11.1. The molecule has 7 nitrogen and oxygen atoms in total. The third kappa shape index (κ3) is 3.93. The van der Waals surface area contributed by atoms with Crippen molar-refractivity contribution in [2.75, 3.05) is 30.0 Å². The van der Waals surface area contributed by atoms with Crippen LogP contribution in [-0.2, 0) is 4.79 Å². The first-order chi connectivity index (χ1) is 13.1. The molecule has 2 N–H and O–H groups in total. The standard InChI is InChI=1S/C19H18ClN3O4/c20-12-2-1-3-13(8-12)21-19(25)22-14-9-18(24)23(11-14)15-4-5-16-17(10-15)27-7-6-26-16/h1-5,8,10,14H,6-7,9,11H2,(H2,21,22,25)/t14-/m1/s1. The Bertz CT molecular complexity index is 889. The van der Waals surface area contributed by atoms with Crippen LogP contribution in [0.1, 0.15) is 6.42 Å². The summed E-state index contributed by atoms with van der Waals surface area (Å²) in [6.45, 7) is 1.39. The molecule has 2 aliphatic heterocycles. The molecule has 1 saturated heterocycles. The number of ether oxygens (including phenoxy) is 2. The predicted octanol–water partition coefficient (Wildman–Crippen LogP) is 3.04. The lowest BCUT2D eigenvalue weighted by Gasteiger charge is -2.22. The molecule has 0 unspecified atom stereocenters. The minimum Gasteiger partial charge on any atom is -0.486 e. The van der Waals surface area contributed by atoms with Crippen LogP contribution in [0.2, 0.25) is 5.02 Å². The third-order valence-electron chi connectivity index (χ3n) is 4.38. The number of carbonyl (C=O) groups is 2. The van der Waals surface area contributed by atoms with Gasteiger partial charge >= 0.3 is 6.03 Å². The molecule has 140 valence electrons. The maximum Gasteiger partial charge on any atom is 0.319 e. The lowest BCUT2D eigenvalue weighted by Crippen LogP contribution is -2.39. The number of nitrogens with one attached hydrogen (secondary N) is 2. The number of hydrogen-bond donors (Lipinski definition) is 2. The largest absolute Gasteiger partial charge is 0.486 e. The van der Waals surface area contributed by atoms with E-state index in [0.717, 1.165) is 5.69 Å². The Hall–Kier alpha value is -2.93. The van der Waals surface area contributed by atoms with Crippen LogP contribution in [0.4, 0.5) is 16.2 Å². The summed E-state index contributed by atoms with van der Waals surface area (Å²) in [6.07, 6.45) is 0.234. The van der Waals surface area contributed by atoms with E-state index in [1.807, 2.05) is 6.07 Å². The van der Waals surface area contributed by atoms with Crippen LogP contribution >= 0.6 is 11.6 Å². The van der Waals surface area contributed by atoms with Crippen molar-refractivity contribution in [3.05, 3.63) is 47.5 Å². The van der Waals surface area contributed by atoms with Crippen LogP contribution in [0.25, 0.3) is 0 Å². The first kappa shape index (κ1) is 17.5. The smallest absolute Gasteiger partial charge is 0.319 e. The number of amides is 3. The topological polar surface area (TPSA) is 79.9 Å². The highest BCUT2D eigenvalue weighted by atomic mass is 35.5. The fourth-order valence-electron chi connectivity index (χ4n) is 3.17. The molecule has 0 bridgehead atoms. The third-order valence-corrected chi connectivity index (χ3v) is 4.62. The maximum atomic E-state index is 12.4. The number of fused-ring (bicyclic) bond motifs is 1. The molecule has 2 aliphatic rings. The van der Waals surface area contributed by atoms with E-state index in [2.05, 4.69) is 10.6 Å². The fraction of sp³-hybridized carbons (Fsp3) is 0.263. The maximum absolute atomic E-state index is 12.4. The van der Waals surface area contributed by atoms with Gasteiger partial charge in [0.25, 0.3) is 0 Å². The highest BCUT2D eigenvalue weighted by molar-refractivity contribution is 6.30. The van der Waals surface area contributed by atoms with E-state index in [1.54, 1.807) is 41.3 Å². The number of anilines is 2. The Labute approximate surface area is 161 Å². The SMILES string of the molecule is O=C(Nc1cccc(Cl)c1)N[C@@H]1CC(=O)N(c2ccc3c(c2)OCCO3)C1. The van der Waals surface area contributed by atoms with Gasteiger partial charge in [0.15, 0.2) is 11.5 Å². The Morgan fingerprint density at radius 2 is 1.93 bits per heavy atom. The van der Waals surface area contributed by atoms with Gasteiger partial charge in [-0.3, -0.25) is 4.79 Å². The molecule has 0 saturated carbocycles. The second kappa shape index (κ2) is 7.36. The van der Waals surface area contributed by atoms with Crippen molar-refractivity contribution in [3.8, 4) is 11.5 Å². The highest BCUT2D eigenvalue weighted by Gasteiger charge is 2.32. The van der Waals surface area contributed by atoms with Gasteiger partial charge in [-0.15, -0.1) is 0 Å². The first-order valence-corrected chi connectivity index (χ1v) is 8.99. The van der Waals surface area contributed by atoms with Crippen LogP contribution in [-0.4, -0.2) is 37.7 Å². The molecule has 0 spiro atoms. The molecule has 2 aromatic rings. The molecule has 1 fully saturated rings. The van der Waals surface area contributed by atoms with Crippen molar-refractivity contribution >= 4 is 34.9 Å². The van der Waals surface area contributed by atoms with Gasteiger partial charge in [-0.1, -0.05) is 17.7 Å². The van der Waals surface area contributed by atoms with Crippen molar-refractivity contribution in [1.82, 2.24) is 5.32 Å². The molecule has 2 heterocycles. The summed E-state index contributed by atoms with van der Waals surface area (Å²) in [7, 11) is 0. The minimum atomic E-state index is -0.376. The Balaban J connectivity index is 1.39. The Morgan fingerprint density at radius 3 is 2.74 bits per heavy atom. The van der Waals surface area contributed by atoms with Gasteiger partial charge in [0, 0.05) is 35.4 Å². The van der Waals surface area contributed by atoms with Gasteiger partial charge in [0.05, 0.1) is 6.04 Å². The summed E-state index contributed by atoms with van der Waals surface area (Å²) in [5.74, 6) is 1.24. The molecule has 1 atom stereocenters. The van der Waals surface area contributed by atoms with E-state index in [1.165, 1.54) is 0 Å². The highest BCUT2D eigenvalue weighted by Crippen LogP contribution is 2.35. The van der Waals surface area contributed by atoms with Crippen LogP contribution in [0.3, 0.4) is 0 Å². The van der Waals surface area contributed by atoms with E-state index in [9.17, 15) is 9.59 Å². The van der Waals surface area contributed by atoms with Crippen LogP contribution < -0.4 is 25.0 Å². The molecule has 3 amide bonds. The van der Waals surface area contributed by atoms with Crippen molar-refractivity contribution in [1.29, 1.82) is 0 Å². The minimum absolute atomic E-state index is 0.0558.